The molecule has 11 heteroatoms. The Labute approximate surface area is 261 Å². The van der Waals surface area contributed by atoms with Gasteiger partial charge in [-0.15, -0.1) is 5.10 Å². The number of para-hydroxylation sites is 1. The molecule has 10 nitrogen and oxygen atoms in total. The molecule has 0 heterocycles. The largest absolute Gasteiger partial charge is 0.493 e. The average Bonchev–Trinajstić information content (AvgIpc) is 3.03. The highest BCUT2D eigenvalue weighted by Gasteiger charge is 2.29. The first-order valence-corrected chi connectivity index (χ1v) is 14.7. The minimum atomic E-state index is -0.194. The van der Waals surface area contributed by atoms with Gasteiger partial charge in [0.05, 0.1) is 24.5 Å². The Kier molecular flexibility index (Phi) is 18.8. The lowest BCUT2D eigenvalue weighted by Gasteiger charge is -2.28. The predicted octanol–water partition coefficient (Wildman–Crippen LogP) is 5.25. The van der Waals surface area contributed by atoms with E-state index < -0.39 is 0 Å². The molecule has 236 valence electrons. The molecule has 1 amide bonds. The van der Waals surface area contributed by atoms with Crippen molar-refractivity contribution in [1.82, 2.24) is 16.0 Å². The van der Waals surface area contributed by atoms with E-state index in [2.05, 4.69) is 38.2 Å². The first-order valence-electron chi connectivity index (χ1n) is 14.3. The smallest absolute Gasteiger partial charge is 0.244 e. The van der Waals surface area contributed by atoms with Crippen molar-refractivity contribution in [2.75, 3.05) is 46.7 Å². The van der Waals surface area contributed by atoms with E-state index in [0.717, 1.165) is 24.9 Å². The zero-order valence-electron chi connectivity index (χ0n) is 26.2. The van der Waals surface area contributed by atoms with E-state index in [4.69, 9.17) is 21.1 Å². The van der Waals surface area contributed by atoms with Crippen LogP contribution in [0.15, 0.2) is 70.1 Å². The number of nitrogens with one attached hydrogen (secondary N) is 4. The number of benzene rings is 2. The van der Waals surface area contributed by atoms with Gasteiger partial charge >= 0.3 is 0 Å². The SMILES string of the molecule is C=N/N=C(\OCC1CCCC(C(=O)N/C(C=O)=C(\C)NC)C1)c1cc(Cl)ccc1OCC.CNC.CNc1ccccc1. The molecule has 0 saturated heterocycles. The Balaban J connectivity index is 0.000000705. The Morgan fingerprint density at radius 2 is 1.81 bits per heavy atom. The van der Waals surface area contributed by atoms with Crippen LogP contribution in [-0.2, 0) is 14.3 Å². The Morgan fingerprint density at radius 3 is 2.37 bits per heavy atom. The van der Waals surface area contributed by atoms with Crippen LogP contribution in [0, 0.1) is 11.8 Å². The van der Waals surface area contributed by atoms with Crippen molar-refractivity contribution in [3.05, 3.63) is 70.5 Å². The molecule has 2 atom stereocenters. The van der Waals surface area contributed by atoms with Crippen LogP contribution in [0.3, 0.4) is 0 Å². The Hall–Kier alpha value is -3.89. The number of halogens is 1. The van der Waals surface area contributed by atoms with E-state index in [1.54, 1.807) is 32.2 Å². The summed E-state index contributed by atoms with van der Waals surface area (Å²) in [6, 6.07) is 15.3. The van der Waals surface area contributed by atoms with Gasteiger partial charge in [-0.2, -0.15) is 5.10 Å². The lowest BCUT2D eigenvalue weighted by Crippen LogP contribution is -2.36. The molecule has 2 unspecified atom stereocenters. The minimum Gasteiger partial charge on any atom is -0.493 e. The van der Waals surface area contributed by atoms with Gasteiger partial charge in [-0.3, -0.25) is 9.59 Å². The van der Waals surface area contributed by atoms with E-state index in [-0.39, 0.29) is 29.3 Å². The van der Waals surface area contributed by atoms with Crippen LogP contribution in [0.1, 0.15) is 45.1 Å². The topological polar surface area (TPSA) is 125 Å². The van der Waals surface area contributed by atoms with E-state index in [9.17, 15) is 9.59 Å². The minimum absolute atomic E-state index is 0.151. The summed E-state index contributed by atoms with van der Waals surface area (Å²) in [5.74, 6) is 0.668. The molecule has 3 rings (SSSR count). The number of carbonyl (C=O) groups is 2. The van der Waals surface area contributed by atoms with Crippen molar-refractivity contribution >= 4 is 42.1 Å². The van der Waals surface area contributed by atoms with Gasteiger partial charge in [-0.1, -0.05) is 36.2 Å². The molecule has 0 spiro atoms. The van der Waals surface area contributed by atoms with Crippen LogP contribution in [0.4, 0.5) is 5.69 Å². The molecular formula is C32H47ClN6O4. The number of allylic oxidation sites excluding steroid dienone is 2. The second-order valence-electron chi connectivity index (χ2n) is 9.67. The number of hydrogen-bond acceptors (Lipinski definition) is 9. The van der Waals surface area contributed by atoms with E-state index >= 15 is 0 Å². The summed E-state index contributed by atoms with van der Waals surface area (Å²) >= 11 is 6.16. The van der Waals surface area contributed by atoms with Crippen LogP contribution in [0.25, 0.3) is 0 Å². The van der Waals surface area contributed by atoms with Crippen molar-refractivity contribution in [2.24, 2.45) is 22.0 Å². The molecule has 2 aromatic rings. The van der Waals surface area contributed by atoms with Gasteiger partial charge in [0.25, 0.3) is 0 Å². The first-order chi connectivity index (χ1) is 20.8. The van der Waals surface area contributed by atoms with Crippen molar-refractivity contribution < 1.29 is 19.1 Å². The quantitative estimate of drug-likeness (QED) is 0.0895. The molecule has 0 radical (unpaired) electrons. The highest BCUT2D eigenvalue weighted by atomic mass is 35.5. The third kappa shape index (κ3) is 13.8. The lowest BCUT2D eigenvalue weighted by molar-refractivity contribution is -0.126. The van der Waals surface area contributed by atoms with Gasteiger partial charge in [-0.05, 0) is 83.5 Å². The number of amides is 1. The summed E-state index contributed by atoms with van der Waals surface area (Å²) in [5, 5.41) is 19.6. The van der Waals surface area contributed by atoms with Crippen molar-refractivity contribution in [2.45, 2.75) is 39.5 Å². The second kappa shape index (κ2) is 21.8. The van der Waals surface area contributed by atoms with Crippen LogP contribution in [0.2, 0.25) is 5.02 Å². The molecule has 1 fully saturated rings. The number of nitrogens with zero attached hydrogens (tertiary/aromatic N) is 2. The fraction of sp³-hybridized carbons (Fsp3) is 0.438. The highest BCUT2D eigenvalue weighted by molar-refractivity contribution is 6.31. The number of carbonyl (C=O) groups excluding carboxylic acids is 2. The van der Waals surface area contributed by atoms with Crippen LogP contribution in [0.5, 0.6) is 5.75 Å². The highest BCUT2D eigenvalue weighted by Crippen LogP contribution is 2.31. The van der Waals surface area contributed by atoms with Gasteiger partial charge in [0, 0.05) is 43.1 Å². The summed E-state index contributed by atoms with van der Waals surface area (Å²) in [6.45, 7) is 7.90. The van der Waals surface area contributed by atoms with Gasteiger partial charge in [0.2, 0.25) is 11.8 Å². The summed E-state index contributed by atoms with van der Waals surface area (Å²) in [6.07, 6.45) is 3.90. The van der Waals surface area contributed by atoms with Crippen LogP contribution >= 0.6 is 11.6 Å². The molecule has 1 saturated carbocycles. The molecule has 2 aromatic carbocycles. The fourth-order valence-corrected chi connectivity index (χ4v) is 4.41. The van der Waals surface area contributed by atoms with Crippen molar-refractivity contribution in [3.8, 4) is 5.75 Å². The summed E-state index contributed by atoms with van der Waals surface area (Å²) in [4.78, 5) is 24.0. The van der Waals surface area contributed by atoms with E-state index in [1.165, 1.54) is 0 Å². The number of ether oxygens (including phenoxy) is 2. The van der Waals surface area contributed by atoms with Crippen molar-refractivity contribution in [1.29, 1.82) is 0 Å². The molecule has 1 aliphatic rings. The lowest BCUT2D eigenvalue weighted by atomic mass is 9.81. The second-order valence-corrected chi connectivity index (χ2v) is 10.1. The molecule has 1 aliphatic carbocycles. The zero-order valence-corrected chi connectivity index (χ0v) is 27.0. The number of hydrogen-bond donors (Lipinski definition) is 4. The molecule has 4 N–H and O–H groups in total. The van der Waals surface area contributed by atoms with Crippen LogP contribution < -0.4 is 26.0 Å². The number of aldehydes is 1. The standard InChI is InChI=1S/C23H31ClN4O4.C7H9N.C2H7N/c1-5-31-21-10-9-18(24)12-19(21)23(28-26-4)32-14-16-7-6-8-17(11-16)22(30)27-20(13-29)15(2)25-3;1-8-7-5-3-2-4-6-7;1-3-2/h9-10,12-13,16-17,25H,4-8,11,14H2,1-3H3,(H,27,30);2-6,8H,1H3;3H,1-2H3/b20-15+,28-23-;;. The van der Waals surface area contributed by atoms with E-state index in [0.29, 0.717) is 48.0 Å². The number of anilines is 1. The normalized spacial score (nSPS) is 16.5. The third-order valence-corrected chi connectivity index (χ3v) is 6.70. The summed E-state index contributed by atoms with van der Waals surface area (Å²) in [5.41, 5.74) is 2.63. The predicted molar refractivity (Wildman–Crippen MR) is 177 cm³/mol. The maximum absolute atomic E-state index is 12.7. The van der Waals surface area contributed by atoms with Gasteiger partial charge in [0.1, 0.15) is 5.75 Å². The maximum Gasteiger partial charge on any atom is 0.244 e. The van der Waals surface area contributed by atoms with E-state index in [1.807, 2.05) is 58.4 Å². The Morgan fingerprint density at radius 1 is 1.12 bits per heavy atom. The molecule has 0 aromatic heterocycles. The molecular weight excluding hydrogens is 568 g/mol. The fourth-order valence-electron chi connectivity index (χ4n) is 4.24. The Bertz CT molecular complexity index is 1190. The third-order valence-electron chi connectivity index (χ3n) is 6.46. The number of rotatable bonds is 11. The zero-order chi connectivity index (χ0) is 32.0. The van der Waals surface area contributed by atoms with Gasteiger partial charge < -0.3 is 30.7 Å². The molecule has 0 bridgehead atoms. The monoisotopic (exact) mass is 614 g/mol. The maximum atomic E-state index is 12.7. The molecule has 43 heavy (non-hydrogen) atoms. The van der Waals surface area contributed by atoms with Gasteiger partial charge in [-0.25, -0.2) is 0 Å². The van der Waals surface area contributed by atoms with Gasteiger partial charge in [0.15, 0.2) is 6.29 Å². The summed E-state index contributed by atoms with van der Waals surface area (Å²) < 4.78 is 11.7. The average molecular weight is 615 g/mol. The van der Waals surface area contributed by atoms with Crippen LogP contribution in [-0.4, -0.2) is 66.2 Å². The van der Waals surface area contributed by atoms with Crippen molar-refractivity contribution in [3.63, 3.8) is 0 Å². The molecule has 0 aliphatic heterocycles. The summed E-state index contributed by atoms with van der Waals surface area (Å²) in [7, 11) is 7.36. The first kappa shape index (κ1) is 37.1.